The van der Waals surface area contributed by atoms with Crippen LogP contribution >= 0.6 is 0 Å². The van der Waals surface area contributed by atoms with E-state index >= 15 is 0 Å². The topological polar surface area (TPSA) is 69.5 Å². The van der Waals surface area contributed by atoms with Crippen LogP contribution in [0.5, 0.6) is 5.75 Å². The highest BCUT2D eigenvalue weighted by molar-refractivity contribution is 5.71. The molecule has 0 radical (unpaired) electrons. The van der Waals surface area contributed by atoms with Crippen LogP contribution in [0.25, 0.3) is 0 Å². The van der Waals surface area contributed by atoms with Crippen molar-refractivity contribution < 1.29 is 9.53 Å². The zero-order valence-corrected chi connectivity index (χ0v) is 21.7. The predicted molar refractivity (Wildman–Crippen MR) is 147 cm³/mol. The second kappa shape index (κ2) is 11.6. The molecule has 1 unspecified atom stereocenters. The fourth-order valence-corrected chi connectivity index (χ4v) is 5.26. The minimum absolute atomic E-state index is 0.126. The third kappa shape index (κ3) is 5.83. The molecule has 5 rings (SSSR count). The van der Waals surface area contributed by atoms with E-state index in [4.69, 9.17) is 4.74 Å². The molecule has 3 aromatic carbocycles. The Morgan fingerprint density at radius 1 is 0.973 bits per heavy atom. The van der Waals surface area contributed by atoms with E-state index in [0.717, 1.165) is 55.0 Å². The summed E-state index contributed by atoms with van der Waals surface area (Å²) in [6.45, 7) is 4.59. The number of anilines is 1. The van der Waals surface area contributed by atoms with Gasteiger partial charge in [0, 0.05) is 32.4 Å². The van der Waals surface area contributed by atoms with E-state index in [1.54, 1.807) is 0 Å². The van der Waals surface area contributed by atoms with Crippen LogP contribution in [-0.4, -0.2) is 31.1 Å². The molecule has 0 saturated heterocycles. The van der Waals surface area contributed by atoms with Crippen molar-refractivity contribution in [3.63, 3.8) is 0 Å². The van der Waals surface area contributed by atoms with Crippen LogP contribution in [0.3, 0.4) is 0 Å². The molecule has 1 atom stereocenters. The maximum atomic E-state index is 12.2. The number of ether oxygens (including phenoxy) is 1. The highest BCUT2D eigenvalue weighted by Crippen LogP contribution is 2.43. The summed E-state index contributed by atoms with van der Waals surface area (Å²) < 4.78 is 5.58. The molecular weight excluding hydrogens is 462 g/mol. The van der Waals surface area contributed by atoms with E-state index in [1.807, 2.05) is 42.5 Å². The lowest BCUT2D eigenvalue weighted by molar-refractivity contribution is 0.163. The molecule has 192 valence electrons. The summed E-state index contributed by atoms with van der Waals surface area (Å²) in [5.74, 6) is 0.581. The Kier molecular flexibility index (Phi) is 7.80. The Bertz CT molecular complexity index is 1260. The van der Waals surface area contributed by atoms with Crippen molar-refractivity contribution in [1.29, 1.82) is 0 Å². The van der Waals surface area contributed by atoms with Crippen molar-refractivity contribution in [2.45, 2.75) is 51.7 Å². The van der Waals surface area contributed by atoms with Gasteiger partial charge in [-0.15, -0.1) is 0 Å². The first-order chi connectivity index (χ1) is 18.1. The van der Waals surface area contributed by atoms with Gasteiger partial charge >= 0.3 is 6.09 Å². The zero-order chi connectivity index (χ0) is 25.6. The lowest BCUT2D eigenvalue weighted by Gasteiger charge is -2.47. The van der Waals surface area contributed by atoms with E-state index in [1.165, 1.54) is 24.0 Å². The molecule has 0 aliphatic carbocycles. The molecule has 1 N–H and O–H groups in total. The minimum Gasteiger partial charge on any atom is -0.410 e. The molecule has 0 saturated carbocycles. The highest BCUT2D eigenvalue weighted by Gasteiger charge is 2.35. The third-order valence-electron chi connectivity index (χ3n) is 7.14. The molecular formula is C30H35N5O2. The monoisotopic (exact) mass is 497 g/mol. The lowest BCUT2D eigenvalue weighted by Crippen LogP contribution is -2.47. The molecule has 3 aromatic rings. The second-order valence-electron chi connectivity index (χ2n) is 9.79. The molecule has 37 heavy (non-hydrogen) atoms. The second-order valence-corrected chi connectivity index (χ2v) is 9.79. The molecule has 0 spiro atoms. The summed E-state index contributed by atoms with van der Waals surface area (Å²) in [6, 6.07) is 22.2. The number of nitrogens with one attached hydrogen (secondary N) is 1. The Labute approximate surface area is 219 Å². The lowest BCUT2D eigenvalue weighted by atomic mass is 9.92. The van der Waals surface area contributed by atoms with E-state index in [2.05, 4.69) is 63.6 Å². The van der Waals surface area contributed by atoms with Crippen molar-refractivity contribution in [1.82, 2.24) is 10.2 Å². The first-order valence-corrected chi connectivity index (χ1v) is 13.3. The van der Waals surface area contributed by atoms with Crippen LogP contribution < -0.4 is 15.0 Å². The largest absolute Gasteiger partial charge is 0.412 e. The minimum atomic E-state index is -0.386. The van der Waals surface area contributed by atoms with E-state index in [0.29, 0.717) is 12.3 Å². The van der Waals surface area contributed by atoms with Crippen molar-refractivity contribution in [3.8, 4) is 5.75 Å². The Morgan fingerprint density at radius 3 is 2.65 bits per heavy atom. The van der Waals surface area contributed by atoms with Crippen LogP contribution in [0.4, 0.5) is 21.9 Å². The Balaban J connectivity index is 1.30. The summed E-state index contributed by atoms with van der Waals surface area (Å²) in [6.07, 6.45) is 5.20. The molecule has 0 bridgehead atoms. The van der Waals surface area contributed by atoms with Crippen LogP contribution in [-0.2, 0) is 13.0 Å². The van der Waals surface area contributed by atoms with Crippen molar-refractivity contribution in [2.24, 2.45) is 10.2 Å². The first kappa shape index (κ1) is 25.0. The number of unbranched alkanes of at least 4 members (excludes halogenated alkanes) is 3. The quantitative estimate of drug-likeness (QED) is 0.262. The Hall–Kier alpha value is -3.71. The summed E-state index contributed by atoms with van der Waals surface area (Å²) in [5.41, 5.74) is 6.63. The van der Waals surface area contributed by atoms with Gasteiger partial charge in [-0.2, -0.15) is 10.2 Å². The summed E-state index contributed by atoms with van der Waals surface area (Å²) >= 11 is 0. The fourth-order valence-electron chi connectivity index (χ4n) is 5.26. The molecule has 2 heterocycles. The van der Waals surface area contributed by atoms with E-state index in [9.17, 15) is 4.79 Å². The summed E-state index contributed by atoms with van der Waals surface area (Å²) in [4.78, 5) is 17.0. The molecule has 2 aliphatic rings. The molecule has 7 heteroatoms. The molecule has 0 aromatic heterocycles. The van der Waals surface area contributed by atoms with Gasteiger partial charge in [-0.05, 0) is 72.0 Å². The zero-order valence-electron chi connectivity index (χ0n) is 21.7. The van der Waals surface area contributed by atoms with Gasteiger partial charge in [-0.1, -0.05) is 50.5 Å². The van der Waals surface area contributed by atoms with E-state index in [-0.39, 0.29) is 12.3 Å². The van der Waals surface area contributed by atoms with Crippen molar-refractivity contribution >= 4 is 23.2 Å². The maximum Gasteiger partial charge on any atom is 0.412 e. The van der Waals surface area contributed by atoms with Gasteiger partial charge in [0.15, 0.2) is 0 Å². The number of benzene rings is 3. The summed E-state index contributed by atoms with van der Waals surface area (Å²) in [5, 5.41) is 11.8. The number of hydrogen-bond donors (Lipinski definition) is 1. The van der Waals surface area contributed by atoms with Crippen LogP contribution in [0.1, 0.15) is 55.5 Å². The number of rotatable bonds is 8. The van der Waals surface area contributed by atoms with Gasteiger partial charge in [0.05, 0.1) is 11.4 Å². The Morgan fingerprint density at radius 2 is 1.81 bits per heavy atom. The fraction of sp³-hybridized carbons (Fsp3) is 0.367. The number of fused-ring (bicyclic) bond motifs is 4. The standard InChI is InChI=1S/C30H35N5O2/c1-3-4-5-9-17-31-30(36)37-26-14-15-28-23(19-26)21-35-18-16-22-12-13-25(20-27(22)29(35)34(28)2)33-32-24-10-7-6-8-11-24/h6-8,10-15,19-20,29H,3-5,9,16-18,21H2,1-2H3,(H,31,36). The SMILES string of the molecule is CCCCCCNC(=O)Oc1ccc2c(c1)CN1CCc3ccc(N=Nc4ccccc4)cc3C1N2C. The smallest absolute Gasteiger partial charge is 0.410 e. The summed E-state index contributed by atoms with van der Waals surface area (Å²) in [7, 11) is 2.13. The van der Waals surface area contributed by atoms with Crippen LogP contribution in [0.15, 0.2) is 77.0 Å². The molecule has 0 fully saturated rings. The molecule has 7 nitrogen and oxygen atoms in total. The van der Waals surface area contributed by atoms with E-state index < -0.39 is 0 Å². The van der Waals surface area contributed by atoms with Gasteiger partial charge in [-0.25, -0.2) is 4.79 Å². The van der Waals surface area contributed by atoms with Gasteiger partial charge in [0.2, 0.25) is 0 Å². The number of nitrogens with zero attached hydrogens (tertiary/aromatic N) is 4. The number of carbonyl (C=O) groups is 1. The van der Waals surface area contributed by atoms with Crippen LogP contribution in [0, 0.1) is 0 Å². The first-order valence-electron chi connectivity index (χ1n) is 13.3. The number of carbonyl (C=O) groups excluding carboxylic acids is 1. The van der Waals surface area contributed by atoms with Gasteiger partial charge < -0.3 is 15.0 Å². The average Bonchev–Trinajstić information content (AvgIpc) is 2.92. The van der Waals surface area contributed by atoms with Gasteiger partial charge in [0.1, 0.15) is 11.9 Å². The molecule has 1 amide bonds. The molecule has 2 aliphatic heterocycles. The van der Waals surface area contributed by atoms with Crippen molar-refractivity contribution in [2.75, 3.05) is 25.0 Å². The van der Waals surface area contributed by atoms with Gasteiger partial charge in [0.25, 0.3) is 0 Å². The average molecular weight is 498 g/mol. The number of amides is 1. The predicted octanol–water partition coefficient (Wildman–Crippen LogP) is 7.28. The van der Waals surface area contributed by atoms with Crippen molar-refractivity contribution in [3.05, 3.63) is 83.4 Å². The normalized spacial score (nSPS) is 16.7. The van der Waals surface area contributed by atoms with Crippen LogP contribution in [0.2, 0.25) is 0 Å². The maximum absolute atomic E-state index is 12.2. The van der Waals surface area contributed by atoms with Gasteiger partial charge in [-0.3, -0.25) is 4.90 Å². The number of azo groups is 1. The third-order valence-corrected chi connectivity index (χ3v) is 7.14. The highest BCUT2D eigenvalue weighted by atomic mass is 16.6. The number of hydrogen-bond acceptors (Lipinski definition) is 6.